The standard InChI is InChI=1S/C22H28N4O2/c1-16-3-5-17(6-4-16)12-25-13-19-18(20-7-8-22(19,15-25)28-20)11-23-21(27)14-26-10-2-9-24-26/h2-6,9-10,18-20H,7-8,11-15H2,1H3,(H,23,27)/t18-,19+,20+,22+/m0/s1. The average molecular weight is 380 g/mol. The Morgan fingerprint density at radius 2 is 2.21 bits per heavy atom. The van der Waals surface area contributed by atoms with Gasteiger partial charge in [-0.05, 0) is 31.4 Å². The van der Waals surface area contributed by atoms with Crippen LogP contribution in [0, 0.1) is 18.8 Å². The molecule has 3 aliphatic rings. The Bertz CT molecular complexity index is 835. The minimum absolute atomic E-state index is 0.00669. The lowest BCUT2D eigenvalue weighted by atomic mass is 9.73. The summed E-state index contributed by atoms with van der Waals surface area (Å²) in [6, 6.07) is 10.7. The molecule has 0 aliphatic carbocycles. The maximum Gasteiger partial charge on any atom is 0.241 e. The number of rotatable bonds is 6. The highest BCUT2D eigenvalue weighted by Gasteiger charge is 2.62. The van der Waals surface area contributed by atoms with Crippen LogP contribution in [0.15, 0.2) is 42.7 Å². The highest BCUT2D eigenvalue weighted by Crippen LogP contribution is 2.54. The summed E-state index contributed by atoms with van der Waals surface area (Å²) in [7, 11) is 0. The van der Waals surface area contributed by atoms with Crippen LogP contribution in [0.25, 0.3) is 0 Å². The molecule has 0 radical (unpaired) electrons. The van der Waals surface area contributed by atoms with Crippen molar-refractivity contribution in [3.63, 3.8) is 0 Å². The Balaban J connectivity index is 1.21. The number of aromatic nitrogens is 2. The van der Waals surface area contributed by atoms with E-state index in [0.717, 1.165) is 32.5 Å². The first kappa shape index (κ1) is 17.9. The van der Waals surface area contributed by atoms with Gasteiger partial charge in [0.15, 0.2) is 0 Å². The number of carbonyl (C=O) groups excluding carboxylic acids is 1. The second-order valence-electron chi connectivity index (χ2n) is 8.69. The number of fused-ring (bicyclic) bond motifs is 1. The van der Waals surface area contributed by atoms with Crippen molar-refractivity contribution >= 4 is 5.91 Å². The molecule has 3 saturated heterocycles. The van der Waals surface area contributed by atoms with E-state index in [-0.39, 0.29) is 18.1 Å². The van der Waals surface area contributed by atoms with Crippen LogP contribution in [0.5, 0.6) is 0 Å². The molecule has 1 amide bonds. The number of nitrogens with zero attached hydrogens (tertiary/aromatic N) is 3. The molecule has 28 heavy (non-hydrogen) atoms. The normalized spacial score (nSPS) is 31.2. The van der Waals surface area contributed by atoms with Gasteiger partial charge >= 0.3 is 0 Å². The smallest absolute Gasteiger partial charge is 0.241 e. The molecule has 5 rings (SSSR count). The lowest BCUT2D eigenvalue weighted by molar-refractivity contribution is -0.122. The summed E-state index contributed by atoms with van der Waals surface area (Å²) in [5.74, 6) is 0.954. The van der Waals surface area contributed by atoms with Crippen molar-refractivity contribution in [2.45, 2.75) is 44.6 Å². The van der Waals surface area contributed by atoms with Crippen molar-refractivity contribution in [2.75, 3.05) is 19.6 Å². The number of nitrogens with one attached hydrogen (secondary N) is 1. The minimum Gasteiger partial charge on any atom is -0.370 e. The van der Waals surface area contributed by atoms with Crippen LogP contribution in [0.3, 0.4) is 0 Å². The van der Waals surface area contributed by atoms with Gasteiger partial charge in [0.1, 0.15) is 6.54 Å². The Morgan fingerprint density at radius 1 is 1.36 bits per heavy atom. The Labute approximate surface area is 165 Å². The van der Waals surface area contributed by atoms with E-state index in [1.807, 2.05) is 12.3 Å². The number of benzene rings is 1. The molecule has 148 valence electrons. The molecule has 3 fully saturated rings. The maximum atomic E-state index is 12.3. The molecule has 6 heteroatoms. The van der Waals surface area contributed by atoms with Crippen LogP contribution in [0.1, 0.15) is 24.0 Å². The van der Waals surface area contributed by atoms with Gasteiger partial charge in [-0.15, -0.1) is 0 Å². The zero-order chi connectivity index (χ0) is 19.1. The number of ether oxygens (including phenoxy) is 1. The fourth-order valence-corrected chi connectivity index (χ4v) is 5.46. The lowest BCUT2D eigenvalue weighted by Crippen LogP contribution is -2.42. The van der Waals surface area contributed by atoms with E-state index in [1.54, 1.807) is 10.9 Å². The first-order valence-corrected chi connectivity index (χ1v) is 10.3. The van der Waals surface area contributed by atoms with Crippen molar-refractivity contribution < 1.29 is 9.53 Å². The second-order valence-corrected chi connectivity index (χ2v) is 8.69. The molecule has 0 unspecified atom stereocenters. The number of likely N-dealkylation sites (tertiary alicyclic amines) is 1. The zero-order valence-electron chi connectivity index (χ0n) is 16.4. The van der Waals surface area contributed by atoms with Crippen LogP contribution in [-0.2, 0) is 22.6 Å². The Hall–Kier alpha value is -2.18. The molecule has 2 bridgehead atoms. The molecule has 1 aromatic heterocycles. The Kier molecular flexibility index (Phi) is 4.48. The minimum atomic E-state index is 0.00669. The SMILES string of the molecule is Cc1ccc(CN2C[C@@H]3[C@H](CNC(=O)Cn4cccn4)[C@H]4CC[C@]3(C2)O4)cc1. The van der Waals surface area contributed by atoms with E-state index in [2.05, 4.69) is 46.5 Å². The van der Waals surface area contributed by atoms with Gasteiger partial charge in [-0.25, -0.2) is 0 Å². The first-order chi connectivity index (χ1) is 13.6. The number of carbonyl (C=O) groups is 1. The fourth-order valence-electron chi connectivity index (χ4n) is 5.46. The molecular formula is C22H28N4O2. The predicted molar refractivity (Wildman–Crippen MR) is 106 cm³/mol. The quantitative estimate of drug-likeness (QED) is 0.833. The summed E-state index contributed by atoms with van der Waals surface area (Å²) >= 11 is 0. The first-order valence-electron chi connectivity index (χ1n) is 10.3. The van der Waals surface area contributed by atoms with Crippen LogP contribution >= 0.6 is 0 Å². The van der Waals surface area contributed by atoms with Gasteiger partial charge in [0, 0.05) is 50.4 Å². The molecule has 0 saturated carbocycles. The van der Waals surface area contributed by atoms with Crippen LogP contribution in [0.4, 0.5) is 0 Å². The van der Waals surface area contributed by atoms with Crippen LogP contribution in [-0.4, -0.2) is 51.9 Å². The van der Waals surface area contributed by atoms with E-state index in [0.29, 0.717) is 24.5 Å². The summed E-state index contributed by atoms with van der Waals surface area (Å²) in [4.78, 5) is 14.8. The fraction of sp³-hybridized carbons (Fsp3) is 0.545. The molecule has 3 aliphatic heterocycles. The summed E-state index contributed by atoms with van der Waals surface area (Å²) < 4.78 is 8.17. The molecular weight excluding hydrogens is 352 g/mol. The molecule has 2 aromatic rings. The van der Waals surface area contributed by atoms with Crippen LogP contribution < -0.4 is 5.32 Å². The van der Waals surface area contributed by atoms with Gasteiger partial charge in [0.05, 0.1) is 11.7 Å². The monoisotopic (exact) mass is 380 g/mol. The maximum absolute atomic E-state index is 12.3. The second kappa shape index (κ2) is 7.01. The third-order valence-corrected chi connectivity index (χ3v) is 6.78. The number of amides is 1. The molecule has 1 aromatic carbocycles. The zero-order valence-corrected chi connectivity index (χ0v) is 16.4. The van der Waals surface area contributed by atoms with Crippen molar-refractivity contribution in [2.24, 2.45) is 11.8 Å². The largest absolute Gasteiger partial charge is 0.370 e. The van der Waals surface area contributed by atoms with Crippen LogP contribution in [0.2, 0.25) is 0 Å². The van der Waals surface area contributed by atoms with Crippen molar-refractivity contribution in [3.05, 3.63) is 53.9 Å². The number of aryl methyl sites for hydroxylation is 1. The third kappa shape index (κ3) is 3.25. The van der Waals surface area contributed by atoms with Crippen molar-refractivity contribution in [1.29, 1.82) is 0 Å². The summed E-state index contributed by atoms with van der Waals surface area (Å²) in [5, 5.41) is 7.24. The summed E-state index contributed by atoms with van der Waals surface area (Å²) in [6.45, 7) is 6.16. The van der Waals surface area contributed by atoms with Gasteiger partial charge in [-0.1, -0.05) is 29.8 Å². The molecule has 1 spiro atoms. The molecule has 4 atom stereocenters. The van der Waals surface area contributed by atoms with Crippen molar-refractivity contribution in [1.82, 2.24) is 20.0 Å². The topological polar surface area (TPSA) is 59.4 Å². The highest BCUT2D eigenvalue weighted by molar-refractivity contribution is 5.75. The third-order valence-electron chi connectivity index (χ3n) is 6.78. The lowest BCUT2D eigenvalue weighted by Gasteiger charge is -2.29. The number of hydrogen-bond acceptors (Lipinski definition) is 4. The van der Waals surface area contributed by atoms with Crippen molar-refractivity contribution in [3.8, 4) is 0 Å². The summed E-state index contributed by atoms with van der Waals surface area (Å²) in [5.41, 5.74) is 2.67. The number of hydrogen-bond donors (Lipinski definition) is 1. The van der Waals surface area contributed by atoms with Gasteiger partial charge < -0.3 is 10.1 Å². The van der Waals surface area contributed by atoms with E-state index in [9.17, 15) is 4.79 Å². The molecule has 1 N–H and O–H groups in total. The van der Waals surface area contributed by atoms with Gasteiger partial charge in [-0.2, -0.15) is 5.10 Å². The average Bonchev–Trinajstić information content (AvgIpc) is 3.43. The van der Waals surface area contributed by atoms with Gasteiger partial charge in [0.2, 0.25) is 5.91 Å². The van der Waals surface area contributed by atoms with E-state index < -0.39 is 0 Å². The van der Waals surface area contributed by atoms with E-state index in [1.165, 1.54) is 11.1 Å². The van der Waals surface area contributed by atoms with E-state index in [4.69, 9.17) is 4.74 Å². The summed E-state index contributed by atoms with van der Waals surface area (Å²) in [6.07, 6.45) is 6.09. The predicted octanol–water partition coefficient (Wildman–Crippen LogP) is 1.99. The highest BCUT2D eigenvalue weighted by atomic mass is 16.5. The van der Waals surface area contributed by atoms with E-state index >= 15 is 0 Å². The van der Waals surface area contributed by atoms with Gasteiger partial charge in [-0.3, -0.25) is 14.4 Å². The van der Waals surface area contributed by atoms with Gasteiger partial charge in [0.25, 0.3) is 0 Å². The molecule has 4 heterocycles. The molecule has 6 nitrogen and oxygen atoms in total. The Morgan fingerprint density at radius 3 is 3.00 bits per heavy atom.